The first-order valence-corrected chi connectivity index (χ1v) is 6.76. The fourth-order valence-corrected chi connectivity index (χ4v) is 2.22. The molecule has 0 aliphatic rings. The molecule has 1 amide bonds. The van der Waals surface area contributed by atoms with E-state index in [-0.39, 0.29) is 5.69 Å². The van der Waals surface area contributed by atoms with E-state index in [9.17, 15) is 26.4 Å². The van der Waals surface area contributed by atoms with Crippen molar-refractivity contribution in [1.29, 1.82) is 0 Å². The quantitative estimate of drug-likeness (QED) is 0.865. The zero-order chi connectivity index (χ0) is 15.6. The molecule has 0 bridgehead atoms. The predicted molar refractivity (Wildman–Crippen MR) is 64.7 cm³/mol. The van der Waals surface area contributed by atoms with Gasteiger partial charge in [-0.3, -0.25) is 8.98 Å². The fourth-order valence-electron chi connectivity index (χ4n) is 1.29. The van der Waals surface area contributed by atoms with E-state index in [2.05, 4.69) is 9.50 Å². The molecule has 0 spiro atoms. The number of carbonyl (C=O) groups excluding carboxylic acids is 1. The average molecular weight is 311 g/mol. The molecule has 5 nitrogen and oxygen atoms in total. The number of anilines is 1. The number of amides is 1. The van der Waals surface area contributed by atoms with Crippen LogP contribution in [0, 0.1) is 6.92 Å². The second kappa shape index (κ2) is 5.80. The Labute approximate surface area is 113 Å². The molecule has 0 saturated carbocycles. The molecule has 1 aromatic carbocycles. The van der Waals surface area contributed by atoms with Gasteiger partial charge >= 0.3 is 6.18 Å². The van der Waals surface area contributed by atoms with Gasteiger partial charge in [-0.2, -0.15) is 21.6 Å². The molecule has 0 aromatic heterocycles. The highest BCUT2D eigenvalue weighted by molar-refractivity contribution is 7.86. The van der Waals surface area contributed by atoms with Gasteiger partial charge in [-0.25, -0.2) is 0 Å². The minimum atomic E-state index is -4.75. The zero-order valence-electron chi connectivity index (χ0n) is 10.6. The van der Waals surface area contributed by atoms with Crippen molar-refractivity contribution < 1.29 is 30.6 Å². The SMILES string of the molecule is CC(=O)Nc1cc(S(=O)(=O)OCC(F)(F)F)ccc1C. The summed E-state index contributed by atoms with van der Waals surface area (Å²) < 4.78 is 63.0. The smallest absolute Gasteiger partial charge is 0.326 e. The summed E-state index contributed by atoms with van der Waals surface area (Å²) in [6.45, 7) is 0.928. The minimum Gasteiger partial charge on any atom is -0.326 e. The van der Waals surface area contributed by atoms with Crippen molar-refractivity contribution in [3.63, 3.8) is 0 Å². The lowest BCUT2D eigenvalue weighted by molar-refractivity contribution is -0.152. The van der Waals surface area contributed by atoms with E-state index in [0.29, 0.717) is 5.56 Å². The highest BCUT2D eigenvalue weighted by Crippen LogP contribution is 2.23. The molecule has 20 heavy (non-hydrogen) atoms. The van der Waals surface area contributed by atoms with E-state index >= 15 is 0 Å². The number of nitrogens with one attached hydrogen (secondary N) is 1. The topological polar surface area (TPSA) is 72.5 Å². The van der Waals surface area contributed by atoms with Gasteiger partial charge in [0.15, 0.2) is 6.61 Å². The summed E-state index contributed by atoms with van der Waals surface area (Å²) in [7, 11) is -4.54. The van der Waals surface area contributed by atoms with Gasteiger partial charge in [-0.1, -0.05) is 6.07 Å². The maximum absolute atomic E-state index is 12.0. The van der Waals surface area contributed by atoms with Crippen LogP contribution in [0.25, 0.3) is 0 Å². The first-order chi connectivity index (χ1) is 9.01. The minimum absolute atomic E-state index is 0.189. The summed E-state index contributed by atoms with van der Waals surface area (Å²) in [5, 5.41) is 2.38. The Hall–Kier alpha value is -1.61. The molecule has 1 N–H and O–H groups in total. The van der Waals surface area contributed by atoms with Crippen LogP contribution in [-0.4, -0.2) is 27.1 Å². The molecule has 0 radical (unpaired) electrons. The average Bonchev–Trinajstić information content (AvgIpc) is 2.28. The van der Waals surface area contributed by atoms with Crippen LogP contribution in [-0.2, 0) is 19.1 Å². The molecule has 0 atom stereocenters. The Morgan fingerprint density at radius 3 is 2.45 bits per heavy atom. The Balaban J connectivity index is 3.04. The van der Waals surface area contributed by atoms with Gasteiger partial charge in [0, 0.05) is 12.6 Å². The lowest BCUT2D eigenvalue weighted by Gasteiger charge is -2.11. The maximum Gasteiger partial charge on any atom is 0.413 e. The third kappa shape index (κ3) is 4.82. The molecular weight excluding hydrogens is 299 g/mol. The Morgan fingerprint density at radius 2 is 1.95 bits per heavy atom. The molecule has 9 heteroatoms. The number of halogens is 3. The molecule has 0 saturated heterocycles. The summed E-state index contributed by atoms with van der Waals surface area (Å²) >= 11 is 0. The van der Waals surface area contributed by atoms with Crippen LogP contribution in [0.4, 0.5) is 18.9 Å². The molecule has 1 rings (SSSR count). The molecular formula is C11H12F3NO4S. The number of carbonyl (C=O) groups is 1. The fraction of sp³-hybridized carbons (Fsp3) is 0.364. The van der Waals surface area contributed by atoms with Crippen molar-refractivity contribution in [1.82, 2.24) is 0 Å². The third-order valence-electron chi connectivity index (χ3n) is 2.19. The van der Waals surface area contributed by atoms with Crippen LogP contribution >= 0.6 is 0 Å². The van der Waals surface area contributed by atoms with E-state index in [0.717, 1.165) is 12.1 Å². The number of benzene rings is 1. The second-order valence-electron chi connectivity index (χ2n) is 3.99. The third-order valence-corrected chi connectivity index (χ3v) is 3.45. The van der Waals surface area contributed by atoms with Crippen molar-refractivity contribution >= 4 is 21.7 Å². The first kappa shape index (κ1) is 16.4. The number of hydrogen-bond acceptors (Lipinski definition) is 4. The van der Waals surface area contributed by atoms with Gasteiger partial charge < -0.3 is 5.32 Å². The molecule has 112 valence electrons. The molecule has 0 unspecified atom stereocenters. The van der Waals surface area contributed by atoms with Crippen LogP contribution in [0.15, 0.2) is 23.1 Å². The highest BCUT2D eigenvalue weighted by Gasteiger charge is 2.31. The van der Waals surface area contributed by atoms with Gasteiger partial charge in [0.05, 0.1) is 4.90 Å². The number of aryl methyl sites for hydroxylation is 1. The van der Waals surface area contributed by atoms with Gasteiger partial charge in [-0.15, -0.1) is 0 Å². The van der Waals surface area contributed by atoms with E-state index in [1.54, 1.807) is 6.92 Å². The highest BCUT2D eigenvalue weighted by atomic mass is 32.2. The second-order valence-corrected chi connectivity index (χ2v) is 5.60. The van der Waals surface area contributed by atoms with Crippen LogP contribution in [0.3, 0.4) is 0 Å². The zero-order valence-corrected chi connectivity index (χ0v) is 11.4. The lowest BCUT2D eigenvalue weighted by Crippen LogP contribution is -2.20. The summed E-state index contributed by atoms with van der Waals surface area (Å²) in [6.07, 6.45) is -4.75. The van der Waals surface area contributed by atoms with Crippen LogP contribution in [0.2, 0.25) is 0 Å². The van der Waals surface area contributed by atoms with E-state index < -0.39 is 33.7 Å². The Kier molecular flexibility index (Phi) is 4.77. The van der Waals surface area contributed by atoms with Crippen molar-refractivity contribution in [2.45, 2.75) is 24.9 Å². The van der Waals surface area contributed by atoms with Crippen molar-refractivity contribution in [2.24, 2.45) is 0 Å². The summed E-state index contributed by atoms with van der Waals surface area (Å²) in [6, 6.07) is 3.50. The predicted octanol–water partition coefficient (Wildman–Crippen LogP) is 2.22. The van der Waals surface area contributed by atoms with Crippen LogP contribution in [0.5, 0.6) is 0 Å². The first-order valence-electron chi connectivity index (χ1n) is 5.36. The number of hydrogen-bond donors (Lipinski definition) is 1. The molecule has 0 aliphatic heterocycles. The summed E-state index contributed by atoms with van der Waals surface area (Å²) in [4.78, 5) is 10.5. The normalized spacial score (nSPS) is 12.2. The van der Waals surface area contributed by atoms with Gasteiger partial charge in [0.2, 0.25) is 5.91 Å². The van der Waals surface area contributed by atoms with Crippen LogP contribution in [0.1, 0.15) is 12.5 Å². The molecule has 0 fully saturated rings. The van der Waals surface area contributed by atoms with Crippen molar-refractivity contribution in [3.05, 3.63) is 23.8 Å². The van der Waals surface area contributed by atoms with Crippen molar-refractivity contribution in [3.8, 4) is 0 Å². The summed E-state index contributed by atoms with van der Waals surface area (Å²) in [5.41, 5.74) is 0.754. The largest absolute Gasteiger partial charge is 0.413 e. The monoisotopic (exact) mass is 311 g/mol. The molecule has 1 aromatic rings. The van der Waals surface area contributed by atoms with Gasteiger partial charge in [0.25, 0.3) is 10.1 Å². The Morgan fingerprint density at radius 1 is 1.35 bits per heavy atom. The van der Waals surface area contributed by atoms with Gasteiger partial charge in [0.1, 0.15) is 0 Å². The van der Waals surface area contributed by atoms with Crippen LogP contribution < -0.4 is 5.32 Å². The standard InChI is InChI=1S/C11H12F3NO4S/c1-7-3-4-9(5-10(7)15-8(2)16)20(17,18)19-6-11(12,13)14/h3-5H,6H2,1-2H3,(H,15,16). The number of rotatable bonds is 4. The van der Waals surface area contributed by atoms with E-state index in [1.165, 1.54) is 13.0 Å². The lowest BCUT2D eigenvalue weighted by atomic mass is 10.2. The molecule has 0 heterocycles. The Bertz CT molecular complexity index is 611. The van der Waals surface area contributed by atoms with E-state index in [1.807, 2.05) is 0 Å². The van der Waals surface area contributed by atoms with Crippen molar-refractivity contribution in [2.75, 3.05) is 11.9 Å². The maximum atomic E-state index is 12.0. The summed E-state index contributed by atoms with van der Waals surface area (Å²) in [5.74, 6) is -0.432. The van der Waals surface area contributed by atoms with Gasteiger partial charge in [-0.05, 0) is 24.6 Å². The van der Waals surface area contributed by atoms with E-state index in [4.69, 9.17) is 0 Å². The molecule has 0 aliphatic carbocycles. The number of alkyl halides is 3.